The highest BCUT2D eigenvalue weighted by Gasteiger charge is 2.10. The zero-order chi connectivity index (χ0) is 19.9. The Balaban J connectivity index is 1.40. The lowest BCUT2D eigenvalue weighted by atomic mass is 10.1. The summed E-state index contributed by atoms with van der Waals surface area (Å²) in [5.74, 6) is 0.292. The molecule has 1 amide bonds. The van der Waals surface area contributed by atoms with Crippen LogP contribution in [0, 0.1) is 12.7 Å². The summed E-state index contributed by atoms with van der Waals surface area (Å²) in [6.07, 6.45) is 2.63. The molecule has 0 fully saturated rings. The van der Waals surface area contributed by atoms with Crippen molar-refractivity contribution in [3.63, 3.8) is 0 Å². The first kappa shape index (κ1) is 19.8. The SMILES string of the molecule is CN=C(NCCNC(=O)c1scnc1C)NCCc1c[nH]c2ccc(F)cc12. The molecule has 9 heteroatoms. The van der Waals surface area contributed by atoms with Crippen LogP contribution in [-0.2, 0) is 6.42 Å². The Morgan fingerprint density at radius 1 is 1.25 bits per heavy atom. The Kier molecular flexibility index (Phi) is 6.59. The Bertz CT molecular complexity index is 980. The van der Waals surface area contributed by atoms with Crippen molar-refractivity contribution in [3.8, 4) is 0 Å². The molecule has 2 heterocycles. The van der Waals surface area contributed by atoms with E-state index in [1.54, 1.807) is 24.7 Å². The van der Waals surface area contributed by atoms with Gasteiger partial charge in [-0.1, -0.05) is 0 Å². The molecule has 2 aromatic heterocycles. The molecule has 0 saturated carbocycles. The second-order valence-electron chi connectivity index (χ2n) is 6.20. The second kappa shape index (κ2) is 9.32. The van der Waals surface area contributed by atoms with E-state index < -0.39 is 0 Å². The molecule has 3 rings (SSSR count). The fourth-order valence-corrected chi connectivity index (χ4v) is 3.57. The van der Waals surface area contributed by atoms with Crippen molar-refractivity contribution in [1.82, 2.24) is 25.9 Å². The Morgan fingerprint density at radius 2 is 2.04 bits per heavy atom. The number of carbonyl (C=O) groups excluding carboxylic acids is 1. The monoisotopic (exact) mass is 402 g/mol. The number of hydrogen-bond acceptors (Lipinski definition) is 4. The molecule has 0 aliphatic rings. The molecule has 4 N–H and O–H groups in total. The van der Waals surface area contributed by atoms with Crippen LogP contribution in [0.3, 0.4) is 0 Å². The smallest absolute Gasteiger partial charge is 0.263 e. The van der Waals surface area contributed by atoms with Gasteiger partial charge in [-0.15, -0.1) is 11.3 Å². The lowest BCUT2D eigenvalue weighted by Crippen LogP contribution is -2.42. The lowest BCUT2D eigenvalue weighted by molar-refractivity contribution is 0.0957. The van der Waals surface area contributed by atoms with Gasteiger partial charge in [0.2, 0.25) is 0 Å². The molecule has 0 bridgehead atoms. The number of rotatable bonds is 7. The maximum absolute atomic E-state index is 13.4. The van der Waals surface area contributed by atoms with Crippen molar-refractivity contribution < 1.29 is 9.18 Å². The number of aromatic nitrogens is 2. The third-order valence-electron chi connectivity index (χ3n) is 4.29. The Morgan fingerprint density at radius 3 is 2.79 bits per heavy atom. The van der Waals surface area contributed by atoms with Gasteiger partial charge in [-0.2, -0.15) is 0 Å². The molecular formula is C19H23FN6OS. The Hall–Kier alpha value is -2.94. The summed E-state index contributed by atoms with van der Waals surface area (Å²) in [5.41, 5.74) is 4.37. The highest BCUT2D eigenvalue weighted by molar-refractivity contribution is 7.11. The number of carbonyl (C=O) groups is 1. The second-order valence-corrected chi connectivity index (χ2v) is 7.06. The first-order chi connectivity index (χ1) is 13.6. The highest BCUT2D eigenvalue weighted by atomic mass is 32.1. The van der Waals surface area contributed by atoms with Crippen LogP contribution in [-0.4, -0.2) is 48.5 Å². The largest absolute Gasteiger partial charge is 0.361 e. The number of aryl methyl sites for hydroxylation is 1. The molecule has 0 aliphatic heterocycles. The number of fused-ring (bicyclic) bond motifs is 1. The van der Waals surface area contributed by atoms with E-state index in [9.17, 15) is 9.18 Å². The summed E-state index contributed by atoms with van der Waals surface area (Å²) in [5, 5.41) is 10.1. The third kappa shape index (κ3) is 4.86. The van der Waals surface area contributed by atoms with Gasteiger partial charge in [-0.05, 0) is 37.1 Å². The summed E-state index contributed by atoms with van der Waals surface area (Å²) in [6.45, 7) is 3.48. The normalized spacial score (nSPS) is 11.6. The number of benzene rings is 1. The zero-order valence-corrected chi connectivity index (χ0v) is 16.6. The van der Waals surface area contributed by atoms with Gasteiger partial charge in [0.15, 0.2) is 5.96 Å². The van der Waals surface area contributed by atoms with Crippen LogP contribution in [0.15, 0.2) is 34.9 Å². The topological polar surface area (TPSA) is 94.2 Å². The van der Waals surface area contributed by atoms with Crippen LogP contribution >= 0.6 is 11.3 Å². The van der Waals surface area contributed by atoms with Gasteiger partial charge in [-0.25, -0.2) is 9.37 Å². The first-order valence-electron chi connectivity index (χ1n) is 8.97. The maximum atomic E-state index is 13.4. The van der Waals surface area contributed by atoms with Crippen LogP contribution in [0.5, 0.6) is 0 Å². The summed E-state index contributed by atoms with van der Waals surface area (Å²) in [7, 11) is 1.69. The standard InChI is InChI=1S/C19H23FN6OS/c1-12-17(28-11-26-12)18(27)22-7-8-24-19(21-2)23-6-5-13-10-25-16-4-3-14(20)9-15(13)16/h3-4,9-11,25H,5-8H2,1-2H3,(H,22,27)(H2,21,23,24). The maximum Gasteiger partial charge on any atom is 0.263 e. The van der Waals surface area contributed by atoms with E-state index in [0.717, 1.165) is 28.6 Å². The molecule has 0 unspecified atom stereocenters. The van der Waals surface area contributed by atoms with E-state index in [1.165, 1.54) is 17.4 Å². The molecule has 0 spiro atoms. The van der Waals surface area contributed by atoms with Gasteiger partial charge in [0.25, 0.3) is 5.91 Å². The molecule has 0 radical (unpaired) electrons. The van der Waals surface area contributed by atoms with E-state index in [0.29, 0.717) is 30.5 Å². The summed E-state index contributed by atoms with van der Waals surface area (Å²) < 4.78 is 13.4. The van der Waals surface area contributed by atoms with Crippen LogP contribution in [0.25, 0.3) is 10.9 Å². The molecular weight excluding hydrogens is 379 g/mol. The molecule has 0 aliphatic carbocycles. The van der Waals surface area contributed by atoms with Gasteiger partial charge < -0.3 is 20.9 Å². The van der Waals surface area contributed by atoms with Crippen molar-refractivity contribution in [1.29, 1.82) is 0 Å². The van der Waals surface area contributed by atoms with E-state index in [4.69, 9.17) is 0 Å². The number of thiazole rings is 1. The predicted molar refractivity (Wildman–Crippen MR) is 111 cm³/mol. The fraction of sp³-hybridized carbons (Fsp3) is 0.316. The van der Waals surface area contributed by atoms with Crippen LogP contribution in [0.4, 0.5) is 4.39 Å². The van der Waals surface area contributed by atoms with Crippen molar-refractivity contribution >= 4 is 34.1 Å². The minimum absolute atomic E-state index is 0.115. The van der Waals surface area contributed by atoms with Gasteiger partial charge >= 0.3 is 0 Å². The van der Waals surface area contributed by atoms with E-state index in [-0.39, 0.29) is 11.7 Å². The lowest BCUT2D eigenvalue weighted by Gasteiger charge is -2.12. The van der Waals surface area contributed by atoms with Crippen molar-refractivity contribution in [3.05, 3.63) is 51.9 Å². The van der Waals surface area contributed by atoms with Crippen LogP contribution in [0.2, 0.25) is 0 Å². The number of nitrogens with one attached hydrogen (secondary N) is 4. The van der Waals surface area contributed by atoms with Gasteiger partial charge in [0.05, 0.1) is 11.2 Å². The number of guanidine groups is 1. The number of amides is 1. The number of hydrogen-bond donors (Lipinski definition) is 4. The van der Waals surface area contributed by atoms with E-state index in [1.807, 2.05) is 13.1 Å². The minimum atomic E-state index is -0.241. The molecule has 0 atom stereocenters. The zero-order valence-electron chi connectivity index (χ0n) is 15.8. The number of halogens is 1. The average molecular weight is 402 g/mol. The summed E-state index contributed by atoms with van der Waals surface area (Å²) in [6, 6.07) is 4.73. The molecule has 0 saturated heterocycles. The number of aliphatic imine (C=N–C) groups is 1. The van der Waals surface area contributed by atoms with Crippen molar-refractivity contribution in [2.24, 2.45) is 4.99 Å². The molecule has 28 heavy (non-hydrogen) atoms. The highest BCUT2D eigenvalue weighted by Crippen LogP contribution is 2.19. The molecule has 1 aromatic carbocycles. The fourth-order valence-electron chi connectivity index (χ4n) is 2.85. The van der Waals surface area contributed by atoms with Crippen LogP contribution < -0.4 is 16.0 Å². The van der Waals surface area contributed by atoms with E-state index in [2.05, 4.69) is 30.9 Å². The van der Waals surface area contributed by atoms with Gasteiger partial charge in [0, 0.05) is 43.8 Å². The van der Waals surface area contributed by atoms with Crippen LogP contribution in [0.1, 0.15) is 20.9 Å². The Labute approximate surface area is 166 Å². The summed E-state index contributed by atoms with van der Waals surface area (Å²) >= 11 is 1.33. The average Bonchev–Trinajstić information content (AvgIpc) is 3.29. The summed E-state index contributed by atoms with van der Waals surface area (Å²) in [4.78, 5) is 24.1. The number of nitrogens with zero attached hydrogens (tertiary/aromatic N) is 2. The third-order valence-corrected chi connectivity index (χ3v) is 5.22. The molecule has 3 aromatic rings. The molecule has 7 nitrogen and oxygen atoms in total. The molecule has 148 valence electrons. The van der Waals surface area contributed by atoms with Crippen molar-refractivity contribution in [2.75, 3.05) is 26.7 Å². The van der Waals surface area contributed by atoms with Gasteiger partial charge in [0.1, 0.15) is 10.7 Å². The van der Waals surface area contributed by atoms with E-state index >= 15 is 0 Å². The quantitative estimate of drug-likeness (QED) is 0.277. The number of aromatic amines is 1. The van der Waals surface area contributed by atoms with Gasteiger partial charge in [-0.3, -0.25) is 9.79 Å². The minimum Gasteiger partial charge on any atom is -0.361 e. The predicted octanol–water partition coefficient (Wildman–Crippen LogP) is 2.21. The van der Waals surface area contributed by atoms with Crippen molar-refractivity contribution in [2.45, 2.75) is 13.3 Å². The number of H-pyrrole nitrogens is 1. The first-order valence-corrected chi connectivity index (χ1v) is 9.84.